The van der Waals surface area contributed by atoms with Gasteiger partial charge in [-0.1, -0.05) is 18.5 Å². The molecular formula is C12H18ClF3N4. The molecule has 1 heterocycles. The maximum Gasteiger partial charge on any atom is 0.401 e. The summed E-state index contributed by atoms with van der Waals surface area (Å²) in [5.41, 5.74) is 0.723. The predicted octanol–water partition coefficient (Wildman–Crippen LogP) is 2.28. The predicted molar refractivity (Wildman–Crippen MR) is 71.7 cm³/mol. The van der Waals surface area contributed by atoms with E-state index in [0.29, 0.717) is 18.8 Å². The molecule has 1 aromatic rings. The molecule has 20 heavy (non-hydrogen) atoms. The maximum absolute atomic E-state index is 12.5. The molecule has 8 heteroatoms. The van der Waals surface area contributed by atoms with E-state index in [-0.39, 0.29) is 18.2 Å². The first-order valence-corrected chi connectivity index (χ1v) is 6.68. The molecule has 1 N–H and O–H groups in total. The summed E-state index contributed by atoms with van der Waals surface area (Å²) in [6.07, 6.45) is -3.59. The van der Waals surface area contributed by atoms with E-state index >= 15 is 0 Å². The summed E-state index contributed by atoms with van der Waals surface area (Å²) in [7, 11) is 1.69. The summed E-state index contributed by atoms with van der Waals surface area (Å²) in [6, 6.07) is 1.62. The molecule has 0 atom stereocenters. The first-order chi connectivity index (χ1) is 9.34. The van der Waals surface area contributed by atoms with Gasteiger partial charge in [0, 0.05) is 18.8 Å². The topological polar surface area (TPSA) is 41.1 Å². The summed E-state index contributed by atoms with van der Waals surface area (Å²) in [5, 5.41) is 3.08. The zero-order valence-electron chi connectivity index (χ0n) is 11.5. The Morgan fingerprint density at radius 3 is 2.60 bits per heavy atom. The van der Waals surface area contributed by atoms with Crippen LogP contribution in [0.25, 0.3) is 0 Å². The van der Waals surface area contributed by atoms with Gasteiger partial charge < -0.3 is 5.32 Å². The van der Waals surface area contributed by atoms with Crippen LogP contribution in [0.2, 0.25) is 5.15 Å². The van der Waals surface area contributed by atoms with Gasteiger partial charge in [-0.15, -0.1) is 0 Å². The number of aromatic nitrogens is 2. The molecule has 0 bridgehead atoms. The van der Waals surface area contributed by atoms with Gasteiger partial charge in [0.2, 0.25) is 0 Å². The number of hydrogen-bond acceptors (Lipinski definition) is 4. The average molecular weight is 311 g/mol. The van der Waals surface area contributed by atoms with E-state index in [2.05, 4.69) is 15.3 Å². The van der Waals surface area contributed by atoms with E-state index in [4.69, 9.17) is 11.6 Å². The van der Waals surface area contributed by atoms with Crippen LogP contribution in [0.15, 0.2) is 6.07 Å². The van der Waals surface area contributed by atoms with Crippen molar-refractivity contribution >= 4 is 11.6 Å². The van der Waals surface area contributed by atoms with Crippen LogP contribution in [-0.4, -0.2) is 47.7 Å². The van der Waals surface area contributed by atoms with Gasteiger partial charge in [-0.25, -0.2) is 9.97 Å². The third-order valence-corrected chi connectivity index (χ3v) is 2.80. The lowest BCUT2D eigenvalue weighted by Gasteiger charge is -2.22. The summed E-state index contributed by atoms with van der Waals surface area (Å²) in [6.45, 7) is 1.64. The van der Waals surface area contributed by atoms with Gasteiger partial charge in [0.25, 0.3) is 0 Å². The molecule has 4 nitrogen and oxygen atoms in total. The lowest BCUT2D eigenvalue weighted by molar-refractivity contribution is -0.147. The van der Waals surface area contributed by atoms with E-state index in [1.807, 2.05) is 6.92 Å². The Morgan fingerprint density at radius 2 is 2.05 bits per heavy atom. The van der Waals surface area contributed by atoms with Gasteiger partial charge in [0.1, 0.15) is 11.0 Å². The Kier molecular flexibility index (Phi) is 6.64. The van der Waals surface area contributed by atoms with Crippen molar-refractivity contribution < 1.29 is 13.2 Å². The van der Waals surface area contributed by atoms with Gasteiger partial charge in [0.05, 0.1) is 13.1 Å². The fourth-order valence-corrected chi connectivity index (χ4v) is 1.93. The highest BCUT2D eigenvalue weighted by Crippen LogP contribution is 2.18. The minimum atomic E-state index is -4.25. The Balaban J connectivity index is 2.79. The van der Waals surface area contributed by atoms with Crippen LogP contribution < -0.4 is 5.32 Å². The van der Waals surface area contributed by atoms with Gasteiger partial charge in [-0.05, 0) is 19.5 Å². The second-order valence-electron chi connectivity index (χ2n) is 4.38. The SMILES string of the molecule is CCc1cc(Cl)nc(CN(CCNC)CC(F)(F)F)n1. The van der Waals surface area contributed by atoms with Crippen LogP contribution in [0.5, 0.6) is 0 Å². The second kappa shape index (κ2) is 7.75. The molecule has 1 rings (SSSR count). The molecule has 0 aromatic carbocycles. The molecule has 0 aliphatic rings. The number of halogens is 4. The Hall–Kier alpha value is -0.920. The molecule has 0 fully saturated rings. The van der Waals surface area contributed by atoms with Gasteiger partial charge in [0.15, 0.2) is 0 Å². The van der Waals surface area contributed by atoms with Crippen LogP contribution >= 0.6 is 11.6 Å². The van der Waals surface area contributed by atoms with Crippen molar-refractivity contribution in [1.82, 2.24) is 20.2 Å². The molecule has 0 unspecified atom stereocenters. The largest absolute Gasteiger partial charge is 0.401 e. The van der Waals surface area contributed by atoms with E-state index in [0.717, 1.165) is 5.69 Å². The quantitative estimate of drug-likeness (QED) is 0.785. The van der Waals surface area contributed by atoms with Crippen LogP contribution in [0.4, 0.5) is 13.2 Å². The fraction of sp³-hybridized carbons (Fsp3) is 0.667. The van der Waals surface area contributed by atoms with E-state index in [1.54, 1.807) is 13.1 Å². The summed E-state index contributed by atoms with van der Waals surface area (Å²) >= 11 is 5.85. The molecule has 114 valence electrons. The average Bonchev–Trinajstić information content (AvgIpc) is 2.33. The second-order valence-corrected chi connectivity index (χ2v) is 4.77. The lowest BCUT2D eigenvalue weighted by atomic mass is 10.3. The summed E-state index contributed by atoms with van der Waals surface area (Å²) in [5.74, 6) is 0.315. The lowest BCUT2D eigenvalue weighted by Crippen LogP contribution is -2.38. The smallest absolute Gasteiger partial charge is 0.318 e. The van der Waals surface area contributed by atoms with Crippen molar-refractivity contribution in [3.05, 3.63) is 22.7 Å². The number of nitrogens with one attached hydrogen (secondary N) is 1. The molecule has 0 saturated carbocycles. The third kappa shape index (κ3) is 6.49. The molecule has 0 amide bonds. The first kappa shape index (κ1) is 17.1. The highest BCUT2D eigenvalue weighted by Gasteiger charge is 2.30. The summed E-state index contributed by atoms with van der Waals surface area (Å²) in [4.78, 5) is 9.44. The highest BCUT2D eigenvalue weighted by atomic mass is 35.5. The fourth-order valence-electron chi connectivity index (χ4n) is 1.71. The van der Waals surface area contributed by atoms with Crippen LogP contribution in [0, 0.1) is 0 Å². The molecular weight excluding hydrogens is 293 g/mol. The minimum Gasteiger partial charge on any atom is -0.318 e. The van der Waals surface area contributed by atoms with Crippen LogP contribution in [-0.2, 0) is 13.0 Å². The van der Waals surface area contributed by atoms with E-state index in [9.17, 15) is 13.2 Å². The van der Waals surface area contributed by atoms with Crippen molar-refractivity contribution in [3.8, 4) is 0 Å². The molecule has 1 aromatic heterocycles. The molecule has 0 saturated heterocycles. The molecule has 0 spiro atoms. The number of aryl methyl sites for hydroxylation is 1. The van der Waals surface area contributed by atoms with Crippen LogP contribution in [0.3, 0.4) is 0 Å². The van der Waals surface area contributed by atoms with Crippen molar-refractivity contribution in [2.45, 2.75) is 26.1 Å². The number of likely N-dealkylation sites (N-methyl/N-ethyl adjacent to an activating group) is 1. The number of rotatable bonds is 7. The molecule has 0 aliphatic heterocycles. The minimum absolute atomic E-state index is 0.0226. The zero-order chi connectivity index (χ0) is 15.2. The van der Waals surface area contributed by atoms with Crippen molar-refractivity contribution in [2.24, 2.45) is 0 Å². The highest BCUT2D eigenvalue weighted by molar-refractivity contribution is 6.29. The zero-order valence-corrected chi connectivity index (χ0v) is 12.2. The number of nitrogens with zero attached hydrogens (tertiary/aromatic N) is 3. The van der Waals surface area contributed by atoms with E-state index in [1.165, 1.54) is 4.90 Å². The van der Waals surface area contributed by atoms with E-state index < -0.39 is 12.7 Å². The maximum atomic E-state index is 12.5. The van der Waals surface area contributed by atoms with Gasteiger partial charge in [-0.2, -0.15) is 13.2 Å². The Bertz CT molecular complexity index is 426. The molecule has 0 aliphatic carbocycles. The monoisotopic (exact) mass is 310 g/mol. The van der Waals surface area contributed by atoms with Crippen molar-refractivity contribution in [2.75, 3.05) is 26.7 Å². The Morgan fingerprint density at radius 1 is 1.35 bits per heavy atom. The normalized spacial score (nSPS) is 12.2. The third-order valence-electron chi connectivity index (χ3n) is 2.60. The van der Waals surface area contributed by atoms with Gasteiger partial charge in [-0.3, -0.25) is 4.90 Å². The number of alkyl halides is 3. The van der Waals surface area contributed by atoms with Crippen molar-refractivity contribution in [1.29, 1.82) is 0 Å². The molecule has 0 radical (unpaired) electrons. The summed E-state index contributed by atoms with van der Waals surface area (Å²) < 4.78 is 37.6. The van der Waals surface area contributed by atoms with Crippen molar-refractivity contribution in [3.63, 3.8) is 0 Å². The Labute approximate surface area is 121 Å². The van der Waals surface area contributed by atoms with Crippen LogP contribution in [0.1, 0.15) is 18.4 Å². The number of hydrogen-bond donors (Lipinski definition) is 1. The first-order valence-electron chi connectivity index (χ1n) is 6.30. The van der Waals surface area contributed by atoms with Gasteiger partial charge >= 0.3 is 6.18 Å². The standard InChI is InChI=1S/C12H18ClF3N4/c1-3-9-6-10(13)19-11(18-9)7-20(5-4-17-2)8-12(14,15)16/h6,17H,3-5,7-8H2,1-2H3.